The molecule has 0 amide bonds. The lowest BCUT2D eigenvalue weighted by atomic mass is 9.78. The minimum absolute atomic E-state index is 0.0326. The fourth-order valence-corrected chi connectivity index (χ4v) is 15.1. The number of carbonyl (C=O) groups is 1. The second-order valence-corrected chi connectivity index (χ2v) is 32.8. The first kappa shape index (κ1) is 49.9. The predicted molar refractivity (Wildman–Crippen MR) is 265 cm³/mol. The van der Waals surface area contributed by atoms with E-state index in [1.165, 1.54) is 18.2 Å². The zero-order valence-corrected chi connectivity index (χ0v) is 44.6. The highest BCUT2D eigenvalue weighted by molar-refractivity contribution is 8.41. The third-order valence-corrected chi connectivity index (χ3v) is 18.4. The van der Waals surface area contributed by atoms with Gasteiger partial charge < -0.3 is 37.5 Å². The average Bonchev–Trinajstić information content (AvgIpc) is 3.81. The molecule has 7 fully saturated rings. The number of carbonyl (C=O) groups excluding carboxylic acids is 1. The Morgan fingerprint density at radius 1 is 0.733 bits per heavy atom. The fourth-order valence-electron chi connectivity index (χ4n) is 11.2. The van der Waals surface area contributed by atoms with E-state index in [4.69, 9.17) is 37.5 Å². The van der Waals surface area contributed by atoms with Gasteiger partial charge in [-0.2, -0.15) is 0 Å². The summed E-state index contributed by atoms with van der Waals surface area (Å²) in [6.45, 7) is 20.5. The third-order valence-electron chi connectivity index (χ3n) is 14.6. The first-order valence-electron chi connectivity index (χ1n) is 22.5. The molecule has 9 nitrogen and oxygen atoms in total. The Hall–Kier alpha value is 2.01. The molecule has 7 rings (SSSR count). The standard InChI is InChI=1S/C43H74O9P8/c1-22-7-8-29-18-25(4)33(45-29)11-9-30-17-24(3)26(5)36(46-30)21-37-32(27(6)35(48-37)15-23(2)13-14-58-53)20-28(44)19-31-10-12-34-39(47-31)43(52-60(56)57)42-41(49-34)40(51-59(54)55)38(16-22)50-42/h23-24,27,29-43,58H,1,4-5,7-21,53-57H2,2-3,6H3/t23-,24-,27-,29?,30+,31-,32?,33?,34+,35-,36?,37+,38-,39+,40+,41+,42-,43+/m1/s1. The van der Waals surface area contributed by atoms with Gasteiger partial charge in [0, 0.05) is 19.3 Å². The molecule has 60 heavy (non-hydrogen) atoms. The average molecular weight is 983 g/mol. The van der Waals surface area contributed by atoms with Crippen LogP contribution < -0.4 is 0 Å². The summed E-state index contributed by atoms with van der Waals surface area (Å²) in [5, 5.41) is 0. The van der Waals surface area contributed by atoms with Crippen LogP contribution in [0.3, 0.4) is 0 Å². The van der Waals surface area contributed by atoms with Crippen LogP contribution in [-0.4, -0.2) is 97.4 Å². The van der Waals surface area contributed by atoms with Crippen molar-refractivity contribution in [3.8, 4) is 0 Å². The number of hydrogen-bond acceptors (Lipinski definition) is 9. The summed E-state index contributed by atoms with van der Waals surface area (Å²) in [6, 6.07) is 0. The molecule has 7 aliphatic rings. The van der Waals surface area contributed by atoms with Crippen molar-refractivity contribution in [3.63, 3.8) is 0 Å². The van der Waals surface area contributed by atoms with Crippen LogP contribution in [0.1, 0.15) is 111 Å². The van der Waals surface area contributed by atoms with Crippen LogP contribution in [0.2, 0.25) is 0 Å². The molecule has 7 aliphatic heterocycles. The Bertz CT molecular complexity index is 1510. The van der Waals surface area contributed by atoms with Gasteiger partial charge in [-0.15, -0.1) is 17.2 Å². The highest BCUT2D eigenvalue weighted by atomic mass is 32.4. The quantitative estimate of drug-likeness (QED) is 0.165. The molecule has 7 saturated heterocycles. The monoisotopic (exact) mass is 982 g/mol. The fraction of sp³-hybridized carbons (Fsp3) is 0.837. The van der Waals surface area contributed by atoms with Gasteiger partial charge >= 0.3 is 0 Å². The molecule has 10 unspecified atom stereocenters. The molecule has 8 bridgehead atoms. The number of hydrogen-bond donors (Lipinski definition) is 0. The van der Waals surface area contributed by atoms with Gasteiger partial charge in [0.05, 0.1) is 70.0 Å². The van der Waals surface area contributed by atoms with Crippen molar-refractivity contribution >= 4 is 73.7 Å². The Morgan fingerprint density at radius 3 is 2.17 bits per heavy atom. The van der Waals surface area contributed by atoms with Crippen molar-refractivity contribution in [1.82, 2.24) is 0 Å². The van der Waals surface area contributed by atoms with Crippen LogP contribution in [0.15, 0.2) is 36.5 Å². The number of Topliss-reactive ketones (excluding diaryl/α,β-unsaturated/α-hetero) is 1. The number of rotatable bonds is 9. The van der Waals surface area contributed by atoms with Crippen molar-refractivity contribution in [2.24, 2.45) is 23.7 Å². The molecule has 0 aromatic carbocycles. The largest absolute Gasteiger partial charge is 0.374 e. The van der Waals surface area contributed by atoms with E-state index in [0.717, 1.165) is 83.6 Å². The zero-order chi connectivity index (χ0) is 42.8. The summed E-state index contributed by atoms with van der Waals surface area (Å²) in [6.07, 6.45) is 10.5. The van der Waals surface area contributed by atoms with E-state index >= 15 is 0 Å². The van der Waals surface area contributed by atoms with Crippen molar-refractivity contribution in [2.75, 3.05) is 6.16 Å². The van der Waals surface area contributed by atoms with Crippen LogP contribution in [0.4, 0.5) is 0 Å². The van der Waals surface area contributed by atoms with E-state index in [1.54, 1.807) is 0 Å². The molecule has 0 saturated carbocycles. The minimum Gasteiger partial charge on any atom is -0.374 e. The maximum atomic E-state index is 14.3. The first-order valence-corrected chi connectivity index (χ1v) is 34.5. The van der Waals surface area contributed by atoms with Gasteiger partial charge in [0.2, 0.25) is 0 Å². The highest BCUT2D eigenvalue weighted by Crippen LogP contribution is 2.60. The smallest absolute Gasteiger partial charge is 0.135 e. The van der Waals surface area contributed by atoms with Gasteiger partial charge in [0.1, 0.15) is 36.3 Å². The van der Waals surface area contributed by atoms with E-state index in [9.17, 15) is 4.79 Å². The lowest BCUT2D eigenvalue weighted by Crippen LogP contribution is -2.61. The lowest BCUT2D eigenvalue weighted by molar-refractivity contribution is -0.251. The molecule has 0 radical (unpaired) electrons. The maximum absolute atomic E-state index is 14.3. The Morgan fingerprint density at radius 2 is 1.42 bits per heavy atom. The number of fused-ring (bicyclic) bond motifs is 7. The topological polar surface area (TPSA) is 90.9 Å². The van der Waals surface area contributed by atoms with Gasteiger partial charge in [-0.25, -0.2) is 0 Å². The van der Waals surface area contributed by atoms with Crippen molar-refractivity contribution < 1.29 is 42.3 Å². The second kappa shape index (κ2) is 22.9. The van der Waals surface area contributed by atoms with Crippen LogP contribution in [-0.2, 0) is 42.3 Å². The molecule has 0 aromatic rings. The van der Waals surface area contributed by atoms with Crippen LogP contribution >= 0.6 is 68.0 Å². The Labute approximate surface area is 376 Å². The van der Waals surface area contributed by atoms with Gasteiger partial charge in [-0.3, -0.25) is 4.79 Å². The van der Waals surface area contributed by atoms with Crippen LogP contribution in [0.5, 0.6) is 0 Å². The second-order valence-electron chi connectivity index (χ2n) is 19.1. The molecule has 0 aromatic heterocycles. The van der Waals surface area contributed by atoms with Crippen LogP contribution in [0, 0.1) is 23.7 Å². The lowest BCUT2D eigenvalue weighted by Gasteiger charge is -2.48. The highest BCUT2D eigenvalue weighted by Gasteiger charge is 2.59. The summed E-state index contributed by atoms with van der Waals surface area (Å²) < 4.78 is 54.8. The zero-order valence-electron chi connectivity index (χ0n) is 36.1. The van der Waals surface area contributed by atoms with E-state index in [1.807, 2.05) is 0 Å². The normalized spacial score (nSPS) is 43.9. The summed E-state index contributed by atoms with van der Waals surface area (Å²) >= 11 is 0. The molecular formula is C43H74O9P8. The van der Waals surface area contributed by atoms with Gasteiger partial charge in [0.25, 0.3) is 0 Å². The van der Waals surface area contributed by atoms with Crippen LogP contribution in [0.25, 0.3) is 0 Å². The van der Waals surface area contributed by atoms with E-state index < -0.39 is 15.1 Å². The van der Waals surface area contributed by atoms with E-state index in [0.29, 0.717) is 31.1 Å². The Balaban J connectivity index is 1.14. The molecule has 17 heteroatoms. The summed E-state index contributed by atoms with van der Waals surface area (Å²) in [7, 11) is 13.2. The SMILES string of the molecule is C=C1CCC2CC(=C)C(CC[C@H]3C[C@@H](C)C(=C)C(C[C@@H]4O[C@H](C[C@H](C)CCPP)[C@H](C)C4CC(=O)C[C@H]4CC[C@@H]5O[C@@H]6[C@@H](O[C@H](C1)[C@@H]6OP(P)P)[C@@H](OP(P)P)[C@H]5O4)O3)O2. The van der Waals surface area contributed by atoms with Crippen molar-refractivity contribution in [2.45, 2.75) is 196 Å². The molecular weight excluding hydrogens is 908 g/mol. The Kier molecular flexibility index (Phi) is 19.0. The molecule has 24 atom stereocenters. The minimum atomic E-state index is -0.901. The molecule has 340 valence electrons. The summed E-state index contributed by atoms with van der Waals surface area (Å²) in [5.74, 6) is 1.51. The number of ether oxygens (including phenoxy) is 6. The molecule has 0 N–H and O–H groups in total. The maximum Gasteiger partial charge on any atom is 0.135 e. The first-order chi connectivity index (χ1) is 28.7. The van der Waals surface area contributed by atoms with Gasteiger partial charge in [0.15, 0.2) is 0 Å². The number of ketones is 1. The molecule has 0 spiro atoms. The molecule has 0 aliphatic carbocycles. The van der Waals surface area contributed by atoms with Crippen molar-refractivity contribution in [1.29, 1.82) is 0 Å². The van der Waals surface area contributed by atoms with Gasteiger partial charge in [-0.1, -0.05) is 81.8 Å². The summed E-state index contributed by atoms with van der Waals surface area (Å²) in [5.41, 5.74) is 3.45. The van der Waals surface area contributed by atoms with Crippen molar-refractivity contribution in [3.05, 3.63) is 36.5 Å². The van der Waals surface area contributed by atoms with E-state index in [-0.39, 0.29) is 103 Å². The third kappa shape index (κ3) is 12.6. The summed E-state index contributed by atoms with van der Waals surface area (Å²) in [4.78, 5) is 14.3. The molecule has 7 heterocycles. The van der Waals surface area contributed by atoms with Gasteiger partial charge in [-0.05, 0) is 112 Å². The van der Waals surface area contributed by atoms with E-state index in [2.05, 4.69) is 85.2 Å². The predicted octanol–water partition coefficient (Wildman–Crippen LogP) is 11.0.